The number of anilines is 1. The van der Waals surface area contributed by atoms with Gasteiger partial charge in [-0.2, -0.15) is 0 Å². The summed E-state index contributed by atoms with van der Waals surface area (Å²) in [5.74, 6) is -0.837. The fourth-order valence-corrected chi connectivity index (χ4v) is 1.98. The molecule has 1 heterocycles. The van der Waals surface area contributed by atoms with E-state index in [0.717, 1.165) is 0 Å². The van der Waals surface area contributed by atoms with Crippen LogP contribution in [-0.2, 0) is 9.53 Å². The van der Waals surface area contributed by atoms with Crippen molar-refractivity contribution < 1.29 is 23.6 Å². The molecule has 0 unspecified atom stereocenters. The lowest BCUT2D eigenvalue weighted by Gasteiger charge is -2.13. The van der Waals surface area contributed by atoms with Crippen LogP contribution in [0.1, 0.15) is 23.2 Å². The Labute approximate surface area is 137 Å². The maximum absolute atomic E-state index is 12.0. The molecule has 8 heteroatoms. The largest absolute Gasteiger partial charge is 0.495 e. The minimum atomic E-state index is -1.02. The van der Waals surface area contributed by atoms with Crippen molar-refractivity contribution >= 4 is 29.2 Å². The van der Waals surface area contributed by atoms with Crippen molar-refractivity contribution in [3.8, 4) is 5.75 Å². The van der Waals surface area contributed by atoms with E-state index in [4.69, 9.17) is 25.6 Å². The first kappa shape index (κ1) is 16.8. The lowest BCUT2D eigenvalue weighted by Crippen LogP contribution is -2.29. The van der Waals surface area contributed by atoms with Gasteiger partial charge >= 0.3 is 5.97 Å². The molecule has 0 saturated carbocycles. The van der Waals surface area contributed by atoms with Crippen LogP contribution in [0.25, 0.3) is 0 Å². The fourth-order valence-electron chi connectivity index (χ4n) is 1.72. The molecule has 1 N–H and O–H groups in total. The van der Waals surface area contributed by atoms with Gasteiger partial charge in [-0.1, -0.05) is 16.8 Å². The van der Waals surface area contributed by atoms with Crippen molar-refractivity contribution in [2.75, 3.05) is 12.4 Å². The molecule has 1 atom stereocenters. The van der Waals surface area contributed by atoms with E-state index in [9.17, 15) is 9.59 Å². The number of aryl methyl sites for hydroxylation is 1. The summed E-state index contributed by atoms with van der Waals surface area (Å²) in [7, 11) is 1.49. The topological polar surface area (TPSA) is 90.7 Å². The molecule has 0 aliphatic heterocycles. The zero-order valence-electron chi connectivity index (χ0n) is 12.8. The van der Waals surface area contributed by atoms with Gasteiger partial charge < -0.3 is 19.3 Å². The summed E-state index contributed by atoms with van der Waals surface area (Å²) in [6, 6.07) is 6.20. The maximum atomic E-state index is 12.0. The van der Waals surface area contributed by atoms with Crippen LogP contribution in [0.2, 0.25) is 5.02 Å². The molecule has 1 aromatic carbocycles. The summed E-state index contributed by atoms with van der Waals surface area (Å²) >= 11 is 5.98. The van der Waals surface area contributed by atoms with Crippen molar-refractivity contribution in [3.05, 3.63) is 40.7 Å². The van der Waals surface area contributed by atoms with Gasteiger partial charge in [-0.3, -0.25) is 4.79 Å². The smallest absolute Gasteiger partial charge is 0.377 e. The zero-order chi connectivity index (χ0) is 17.0. The molecular weight excluding hydrogens is 324 g/mol. The number of aromatic nitrogens is 1. The van der Waals surface area contributed by atoms with Crippen molar-refractivity contribution in [2.24, 2.45) is 0 Å². The first-order valence-corrected chi connectivity index (χ1v) is 7.07. The van der Waals surface area contributed by atoms with Crippen molar-refractivity contribution in [1.29, 1.82) is 0 Å². The van der Waals surface area contributed by atoms with Crippen LogP contribution in [0.4, 0.5) is 5.69 Å². The van der Waals surface area contributed by atoms with E-state index in [2.05, 4.69) is 10.5 Å². The zero-order valence-corrected chi connectivity index (χ0v) is 13.5. The number of methoxy groups -OCH3 is 1. The van der Waals surface area contributed by atoms with E-state index in [0.29, 0.717) is 22.2 Å². The van der Waals surface area contributed by atoms with Crippen LogP contribution < -0.4 is 10.1 Å². The normalized spacial score (nSPS) is 11.7. The Balaban J connectivity index is 1.97. The van der Waals surface area contributed by atoms with Crippen LogP contribution in [0.5, 0.6) is 5.75 Å². The molecule has 0 saturated heterocycles. The van der Waals surface area contributed by atoms with Gasteiger partial charge in [0, 0.05) is 11.8 Å². The van der Waals surface area contributed by atoms with Gasteiger partial charge in [0.05, 0.1) is 17.8 Å². The molecular formula is C15H15ClN2O5. The molecule has 1 amide bonds. The highest BCUT2D eigenvalue weighted by molar-refractivity contribution is 6.32. The molecule has 2 rings (SSSR count). The predicted octanol–water partition coefficient (Wildman–Crippen LogP) is 2.83. The molecule has 0 aliphatic rings. The number of esters is 1. The van der Waals surface area contributed by atoms with E-state index >= 15 is 0 Å². The highest BCUT2D eigenvalue weighted by Gasteiger charge is 2.22. The van der Waals surface area contributed by atoms with Gasteiger partial charge in [0.25, 0.3) is 5.91 Å². The maximum Gasteiger partial charge on any atom is 0.377 e. The average molecular weight is 339 g/mol. The highest BCUT2D eigenvalue weighted by atomic mass is 35.5. The first-order valence-electron chi connectivity index (χ1n) is 6.69. The Morgan fingerprint density at radius 2 is 2.09 bits per heavy atom. The van der Waals surface area contributed by atoms with Crippen molar-refractivity contribution in [1.82, 2.24) is 5.16 Å². The molecule has 0 radical (unpaired) electrons. The van der Waals surface area contributed by atoms with E-state index in [1.165, 1.54) is 26.2 Å². The molecule has 0 fully saturated rings. The number of carbonyl (C=O) groups is 2. The van der Waals surface area contributed by atoms with Crippen LogP contribution >= 0.6 is 11.6 Å². The Morgan fingerprint density at radius 3 is 2.65 bits per heavy atom. The van der Waals surface area contributed by atoms with Crippen LogP contribution in [0.3, 0.4) is 0 Å². The Morgan fingerprint density at radius 1 is 1.35 bits per heavy atom. The quantitative estimate of drug-likeness (QED) is 0.843. The lowest BCUT2D eigenvalue weighted by molar-refractivity contribution is -0.123. The van der Waals surface area contributed by atoms with Gasteiger partial charge in [0.15, 0.2) is 6.10 Å². The van der Waals surface area contributed by atoms with Gasteiger partial charge in [-0.05, 0) is 32.0 Å². The molecule has 0 bridgehead atoms. The number of hydrogen-bond acceptors (Lipinski definition) is 6. The predicted molar refractivity (Wildman–Crippen MR) is 82.8 cm³/mol. The van der Waals surface area contributed by atoms with Crippen LogP contribution in [0.15, 0.2) is 28.8 Å². The number of hydrogen-bond donors (Lipinski definition) is 1. The van der Waals surface area contributed by atoms with Crippen LogP contribution in [0, 0.1) is 6.92 Å². The minimum absolute atomic E-state index is 0.0605. The average Bonchev–Trinajstić information content (AvgIpc) is 2.94. The summed E-state index contributed by atoms with van der Waals surface area (Å²) in [5, 5.41) is 6.53. The number of ether oxygens (including phenoxy) is 2. The molecule has 7 nitrogen and oxygen atoms in total. The molecule has 122 valence electrons. The lowest BCUT2D eigenvalue weighted by atomic mass is 10.2. The number of amides is 1. The second-order valence-corrected chi connectivity index (χ2v) is 5.13. The molecule has 23 heavy (non-hydrogen) atoms. The van der Waals surface area contributed by atoms with Gasteiger partial charge in [0.1, 0.15) is 5.75 Å². The fraction of sp³-hybridized carbons (Fsp3) is 0.267. The Hall–Kier alpha value is -2.54. The molecule has 0 spiro atoms. The number of rotatable bonds is 5. The van der Waals surface area contributed by atoms with Crippen molar-refractivity contribution in [3.63, 3.8) is 0 Å². The first-order chi connectivity index (χ1) is 10.9. The molecule has 1 aromatic heterocycles. The van der Waals surface area contributed by atoms with Gasteiger partial charge in [-0.25, -0.2) is 4.79 Å². The molecule has 0 aliphatic carbocycles. The second-order valence-electron chi connectivity index (χ2n) is 4.72. The van der Waals surface area contributed by atoms with E-state index < -0.39 is 18.0 Å². The van der Waals surface area contributed by atoms with Gasteiger partial charge in [0.2, 0.25) is 5.76 Å². The number of halogens is 1. The third kappa shape index (κ3) is 4.23. The minimum Gasteiger partial charge on any atom is -0.495 e. The Bertz CT molecular complexity index is 728. The third-order valence-electron chi connectivity index (χ3n) is 2.90. The summed E-state index contributed by atoms with van der Waals surface area (Å²) in [4.78, 5) is 23.8. The second kappa shape index (κ2) is 7.15. The van der Waals surface area contributed by atoms with Gasteiger partial charge in [-0.15, -0.1) is 0 Å². The number of carbonyl (C=O) groups excluding carboxylic acids is 2. The highest BCUT2D eigenvalue weighted by Crippen LogP contribution is 2.27. The van der Waals surface area contributed by atoms with E-state index in [1.54, 1.807) is 19.1 Å². The summed E-state index contributed by atoms with van der Waals surface area (Å²) in [6.45, 7) is 3.12. The van der Waals surface area contributed by atoms with E-state index in [1.807, 2.05) is 0 Å². The third-order valence-corrected chi connectivity index (χ3v) is 3.20. The van der Waals surface area contributed by atoms with Crippen molar-refractivity contribution in [2.45, 2.75) is 20.0 Å². The standard InChI is InChI=1S/C15H15ClN2O5/c1-8-6-13(23-18-8)15(20)22-9(2)14(19)17-10-4-5-12(21-3)11(16)7-10/h4-7,9H,1-3H3,(H,17,19)/t9-/m1/s1. The SMILES string of the molecule is COc1ccc(NC(=O)[C@@H](C)OC(=O)c2cc(C)no2)cc1Cl. The van der Waals surface area contributed by atoms with Crippen LogP contribution in [-0.4, -0.2) is 30.2 Å². The number of nitrogens with one attached hydrogen (secondary N) is 1. The van der Waals surface area contributed by atoms with E-state index in [-0.39, 0.29) is 5.76 Å². The summed E-state index contributed by atoms with van der Waals surface area (Å²) in [5.41, 5.74) is 1.00. The molecule has 2 aromatic rings. The monoisotopic (exact) mass is 338 g/mol. The Kier molecular flexibility index (Phi) is 5.23. The summed E-state index contributed by atoms with van der Waals surface area (Å²) < 4.78 is 14.8. The summed E-state index contributed by atoms with van der Waals surface area (Å²) in [6.07, 6.45) is -1.02. The number of benzene rings is 1. The number of nitrogens with zero attached hydrogens (tertiary/aromatic N) is 1.